The first kappa shape index (κ1) is 22.6. The van der Waals surface area contributed by atoms with Gasteiger partial charge < -0.3 is 10.2 Å². The summed E-state index contributed by atoms with van der Waals surface area (Å²) in [6, 6.07) is 4.56. The van der Waals surface area contributed by atoms with E-state index in [9.17, 15) is 17.6 Å². The highest BCUT2D eigenvalue weighted by atomic mass is 32.2. The molecule has 2 amide bonds. The Labute approximate surface area is 181 Å². The van der Waals surface area contributed by atoms with Gasteiger partial charge in [0.15, 0.2) is 0 Å². The van der Waals surface area contributed by atoms with E-state index in [1.807, 2.05) is 5.38 Å². The molecule has 0 atom stereocenters. The number of thiazole rings is 1. The number of hydrogen-bond acceptors (Lipinski definition) is 5. The van der Waals surface area contributed by atoms with Gasteiger partial charge in [0, 0.05) is 37.0 Å². The molecule has 0 spiro atoms. The molecule has 2 aromatic rings. The van der Waals surface area contributed by atoms with E-state index in [1.54, 1.807) is 16.2 Å². The largest absolute Gasteiger partial charge is 0.332 e. The standard InChI is InChI=1S/C20H27FN4O3S2/c1-20(2,3)18-23-16(14-29-18)13-22-19(26)24-9-4-10-25(12-11-24)30(27,28)17-7-5-15(21)6-8-17/h5-8,14H,4,9-13H2,1-3H3,(H,22,26). The van der Waals surface area contributed by atoms with Crippen molar-refractivity contribution in [2.45, 2.75) is 44.0 Å². The van der Waals surface area contributed by atoms with E-state index < -0.39 is 15.8 Å². The fourth-order valence-electron chi connectivity index (χ4n) is 3.10. The fraction of sp³-hybridized carbons (Fsp3) is 0.500. The number of amides is 2. The van der Waals surface area contributed by atoms with Gasteiger partial charge in [-0.2, -0.15) is 4.31 Å². The van der Waals surface area contributed by atoms with Crippen LogP contribution in [0.25, 0.3) is 0 Å². The number of halogens is 1. The number of nitrogens with one attached hydrogen (secondary N) is 1. The van der Waals surface area contributed by atoms with Gasteiger partial charge in [0.25, 0.3) is 0 Å². The molecule has 1 aromatic heterocycles. The molecule has 0 aliphatic carbocycles. The zero-order chi connectivity index (χ0) is 21.9. The molecule has 3 rings (SSSR count). The van der Waals surface area contributed by atoms with Crippen LogP contribution in [0.1, 0.15) is 37.9 Å². The molecule has 0 unspecified atom stereocenters. The monoisotopic (exact) mass is 454 g/mol. The summed E-state index contributed by atoms with van der Waals surface area (Å²) < 4.78 is 40.1. The molecule has 2 heterocycles. The third-order valence-corrected chi connectivity index (χ3v) is 8.04. The lowest BCUT2D eigenvalue weighted by molar-refractivity contribution is 0.200. The summed E-state index contributed by atoms with van der Waals surface area (Å²) in [7, 11) is -3.72. The Morgan fingerprint density at radius 2 is 1.87 bits per heavy atom. The zero-order valence-electron chi connectivity index (χ0n) is 17.4. The highest BCUT2D eigenvalue weighted by Crippen LogP contribution is 2.25. The van der Waals surface area contributed by atoms with Gasteiger partial charge in [-0.25, -0.2) is 22.6 Å². The molecule has 0 bridgehead atoms. The summed E-state index contributed by atoms with van der Waals surface area (Å²) >= 11 is 1.58. The molecule has 0 radical (unpaired) electrons. The molecule has 0 saturated carbocycles. The van der Waals surface area contributed by atoms with Gasteiger partial charge in [-0.05, 0) is 30.7 Å². The zero-order valence-corrected chi connectivity index (χ0v) is 19.0. The maximum Gasteiger partial charge on any atom is 0.317 e. The Morgan fingerprint density at radius 1 is 1.17 bits per heavy atom. The topological polar surface area (TPSA) is 82.6 Å². The summed E-state index contributed by atoms with van der Waals surface area (Å²) in [5.41, 5.74) is 0.783. The number of carbonyl (C=O) groups excluding carboxylic acids is 1. The second-order valence-electron chi connectivity index (χ2n) is 8.25. The number of carbonyl (C=O) groups is 1. The van der Waals surface area contributed by atoms with Gasteiger partial charge in [-0.1, -0.05) is 20.8 Å². The number of aromatic nitrogens is 1. The average molecular weight is 455 g/mol. The Kier molecular flexibility index (Phi) is 6.78. The van der Waals surface area contributed by atoms with Crippen LogP contribution in [0.3, 0.4) is 0 Å². The predicted octanol–water partition coefficient (Wildman–Crippen LogP) is 3.19. The lowest BCUT2D eigenvalue weighted by atomic mass is 9.98. The van der Waals surface area contributed by atoms with Crippen molar-refractivity contribution >= 4 is 27.4 Å². The van der Waals surface area contributed by atoms with Gasteiger partial charge in [-0.3, -0.25) is 0 Å². The summed E-state index contributed by atoms with van der Waals surface area (Å²) in [6.07, 6.45) is 0.527. The van der Waals surface area contributed by atoms with Crippen molar-refractivity contribution < 1.29 is 17.6 Å². The third kappa shape index (κ3) is 5.35. The molecule has 7 nitrogen and oxygen atoms in total. The first-order valence-electron chi connectivity index (χ1n) is 9.81. The van der Waals surface area contributed by atoms with Gasteiger partial charge in [0.1, 0.15) is 5.82 Å². The highest BCUT2D eigenvalue weighted by Gasteiger charge is 2.28. The van der Waals surface area contributed by atoms with Crippen LogP contribution >= 0.6 is 11.3 Å². The van der Waals surface area contributed by atoms with E-state index in [4.69, 9.17) is 0 Å². The molecular weight excluding hydrogens is 427 g/mol. The lowest BCUT2D eigenvalue weighted by Crippen LogP contribution is -2.42. The van der Waals surface area contributed by atoms with Crippen molar-refractivity contribution in [3.05, 3.63) is 46.2 Å². The lowest BCUT2D eigenvalue weighted by Gasteiger charge is -2.22. The second kappa shape index (κ2) is 8.99. The summed E-state index contributed by atoms with van der Waals surface area (Å²) in [5, 5.41) is 5.84. The van der Waals surface area contributed by atoms with Crippen LogP contribution in [0.15, 0.2) is 34.5 Å². The summed E-state index contributed by atoms with van der Waals surface area (Å²) in [4.78, 5) is 18.8. The van der Waals surface area contributed by atoms with Crippen molar-refractivity contribution in [2.75, 3.05) is 26.2 Å². The summed E-state index contributed by atoms with van der Waals surface area (Å²) in [6.45, 7) is 7.87. The van der Waals surface area contributed by atoms with Gasteiger partial charge >= 0.3 is 6.03 Å². The Morgan fingerprint density at radius 3 is 2.50 bits per heavy atom. The molecule has 1 aliphatic heterocycles. The van der Waals surface area contributed by atoms with Crippen LogP contribution in [0.2, 0.25) is 0 Å². The normalized spacial score (nSPS) is 16.3. The molecular formula is C20H27FN4O3S2. The second-order valence-corrected chi connectivity index (χ2v) is 11.0. The third-order valence-electron chi connectivity index (χ3n) is 4.81. The number of rotatable bonds is 4. The number of sulfonamides is 1. The Bertz CT molecular complexity index is 984. The van der Waals surface area contributed by atoms with Crippen LogP contribution in [0, 0.1) is 5.82 Å². The van der Waals surface area contributed by atoms with Gasteiger partial charge in [0.2, 0.25) is 10.0 Å². The van der Waals surface area contributed by atoms with Crippen LogP contribution in [-0.2, 0) is 22.0 Å². The first-order valence-corrected chi connectivity index (χ1v) is 12.1. The van der Waals surface area contributed by atoms with E-state index in [0.717, 1.165) is 22.8 Å². The summed E-state index contributed by atoms with van der Waals surface area (Å²) in [5.74, 6) is -0.484. The molecule has 10 heteroatoms. The molecule has 30 heavy (non-hydrogen) atoms. The quantitative estimate of drug-likeness (QED) is 0.769. The van der Waals surface area contributed by atoms with Crippen molar-refractivity contribution in [3.63, 3.8) is 0 Å². The van der Waals surface area contributed by atoms with Crippen molar-refractivity contribution in [2.24, 2.45) is 0 Å². The van der Waals surface area contributed by atoms with Crippen LogP contribution in [-0.4, -0.2) is 54.8 Å². The van der Waals surface area contributed by atoms with Gasteiger partial charge in [0.05, 0.1) is 22.1 Å². The van der Waals surface area contributed by atoms with Crippen molar-refractivity contribution in [1.82, 2.24) is 19.5 Å². The molecule has 1 fully saturated rings. The predicted molar refractivity (Wildman–Crippen MR) is 114 cm³/mol. The fourth-order valence-corrected chi connectivity index (χ4v) is 5.48. The maximum absolute atomic E-state index is 13.1. The van der Waals surface area contributed by atoms with Crippen molar-refractivity contribution in [1.29, 1.82) is 0 Å². The smallest absolute Gasteiger partial charge is 0.317 e. The molecule has 1 N–H and O–H groups in total. The van der Waals surface area contributed by atoms with Crippen LogP contribution in [0.5, 0.6) is 0 Å². The Balaban J connectivity index is 1.57. The Hall–Kier alpha value is -2.04. The first-order chi connectivity index (χ1) is 14.1. The average Bonchev–Trinajstić information content (AvgIpc) is 3.03. The van der Waals surface area contributed by atoms with E-state index in [-0.39, 0.29) is 29.4 Å². The minimum atomic E-state index is -3.72. The molecule has 1 saturated heterocycles. The SMILES string of the molecule is CC(C)(C)c1nc(CNC(=O)N2CCCN(S(=O)(=O)c3ccc(F)cc3)CC2)cs1. The minimum Gasteiger partial charge on any atom is -0.332 e. The van der Waals surface area contributed by atoms with Crippen LogP contribution < -0.4 is 5.32 Å². The van der Waals surface area contributed by atoms with E-state index in [1.165, 1.54) is 16.4 Å². The van der Waals surface area contributed by atoms with Crippen LogP contribution in [0.4, 0.5) is 9.18 Å². The molecule has 1 aliphatic rings. The number of nitrogens with zero attached hydrogens (tertiary/aromatic N) is 3. The number of urea groups is 1. The molecule has 1 aromatic carbocycles. The van der Waals surface area contributed by atoms with E-state index >= 15 is 0 Å². The molecule has 164 valence electrons. The van der Waals surface area contributed by atoms with Crippen molar-refractivity contribution in [3.8, 4) is 0 Å². The highest BCUT2D eigenvalue weighted by molar-refractivity contribution is 7.89. The number of hydrogen-bond donors (Lipinski definition) is 1. The maximum atomic E-state index is 13.1. The van der Waals surface area contributed by atoms with Gasteiger partial charge in [-0.15, -0.1) is 11.3 Å². The number of benzene rings is 1. The minimum absolute atomic E-state index is 0.0306. The van der Waals surface area contributed by atoms with E-state index in [2.05, 4.69) is 31.1 Å². The van der Waals surface area contributed by atoms with E-state index in [0.29, 0.717) is 26.1 Å².